The quantitative estimate of drug-likeness (QED) is 0.0306. The first-order valence-corrected chi connectivity index (χ1v) is 20.9. The molecule has 0 aliphatic carbocycles. The number of carboxylic acid groups (broad SMARTS) is 12. The van der Waals surface area contributed by atoms with E-state index in [9.17, 15) is 153 Å². The van der Waals surface area contributed by atoms with Crippen LogP contribution in [0.15, 0.2) is 6.20 Å². The van der Waals surface area contributed by atoms with E-state index in [1.54, 1.807) is 0 Å². The molecule has 1 aromatic heterocycles. The summed E-state index contributed by atoms with van der Waals surface area (Å²) in [5.41, 5.74) is -43.0. The third-order valence-electron chi connectivity index (χ3n) is 10.5. The molecule has 424 valence electrons. The Balaban J connectivity index is 2.45. The maximum Gasteiger partial charge on any atom is 0.365 e. The van der Waals surface area contributed by atoms with Gasteiger partial charge in [-0.25, -0.2) is 91.3 Å². The lowest BCUT2D eigenvalue weighted by atomic mass is 9.85. The fourth-order valence-corrected chi connectivity index (χ4v) is 7.63. The van der Waals surface area contributed by atoms with E-state index in [2.05, 4.69) is 14.5 Å². The number of carbonyl (C=O) groups is 18. The SMILES string of the molecule is CCc1nc(C)cn1OC(=O)c1c(C(=O)OC(C)C#N)c(C(=O)O)c(C(=O)O)c(C(=O)OC(=O)c2c(C(=O)O)c(C(=O)O)c(C(=O)O)c(C(=O)O)c2C(=O)O)c1C(=O)OC(=O)c1c(C(=O)O)c(C(=O)O)c(C(=O)O)c(C(=O)O)c1C(=O)O. The third-order valence-corrected chi connectivity index (χ3v) is 10.5. The Kier molecular flexibility index (Phi) is 17.5. The highest BCUT2D eigenvalue weighted by Crippen LogP contribution is 2.37. The maximum atomic E-state index is 14.9. The Hall–Kier alpha value is -12.8. The second-order valence-corrected chi connectivity index (χ2v) is 15.3. The van der Waals surface area contributed by atoms with Crippen molar-refractivity contribution >= 4 is 107 Å². The van der Waals surface area contributed by atoms with Crippen molar-refractivity contribution in [2.45, 2.75) is 33.3 Å². The van der Waals surface area contributed by atoms with E-state index in [-0.39, 0.29) is 17.9 Å². The molecule has 0 aliphatic rings. The molecule has 0 bridgehead atoms. The first-order chi connectivity index (χ1) is 37.9. The largest absolute Gasteiger partial charge is 0.478 e. The van der Waals surface area contributed by atoms with Gasteiger partial charge in [0.1, 0.15) is 11.9 Å². The van der Waals surface area contributed by atoms with E-state index in [1.807, 2.05) is 0 Å². The minimum absolute atomic E-state index is 0.0959. The molecule has 0 spiro atoms. The maximum absolute atomic E-state index is 14.9. The number of aromatic nitrogens is 2. The van der Waals surface area contributed by atoms with Gasteiger partial charge in [-0.1, -0.05) is 6.92 Å². The van der Waals surface area contributed by atoms with Crippen LogP contribution < -0.4 is 4.84 Å². The number of rotatable bonds is 21. The molecule has 1 heterocycles. The average molecular weight is 1150 g/mol. The van der Waals surface area contributed by atoms with Gasteiger partial charge >= 0.3 is 107 Å². The van der Waals surface area contributed by atoms with Crippen molar-refractivity contribution < 1.29 is 167 Å². The van der Waals surface area contributed by atoms with Crippen molar-refractivity contribution in [2.75, 3.05) is 0 Å². The lowest BCUT2D eigenvalue weighted by Gasteiger charge is -2.22. The lowest BCUT2D eigenvalue weighted by molar-refractivity contribution is 0.0334. The number of nitriles is 1. The standard InChI is InChI=1S/C45H25N3O34/c1-4-9-47-7(2)6-48(9)82-45(78)27-25(40(73)79-8(3)5-46)21(39(71)72)20(38(69)70)24(43(76)80-41(74)22-16(34(61)62)12(30(53)54)10(28(49)50)13(31(55)56)17(22)35(63)64)26(27)44(77)81-42(75)23-18(36(65)66)14(32(57)58)11(29(51)52)15(33(59)60)19(23)37(67)68/h6,8H,4H2,1-3H3,(H,49,50)(H,51,52)(H,53,54)(H,55,56)(H,57,58)(H,59,60)(H,61,62)(H,63,64)(H,65,66)(H,67,68)(H,69,70)(H,71,72). The third kappa shape index (κ3) is 11.1. The van der Waals surface area contributed by atoms with Gasteiger partial charge in [0.25, 0.3) is 0 Å². The molecule has 0 amide bonds. The average Bonchev–Trinajstić information content (AvgIpc) is 3.27. The predicted octanol–water partition coefficient (Wildman–Crippen LogP) is 0.465. The van der Waals surface area contributed by atoms with Crippen molar-refractivity contribution in [1.82, 2.24) is 9.71 Å². The number of ether oxygens (including phenoxy) is 3. The van der Waals surface area contributed by atoms with E-state index in [4.69, 9.17) is 9.57 Å². The minimum atomic E-state index is -3.18. The number of imidazole rings is 1. The van der Waals surface area contributed by atoms with Crippen LogP contribution in [0.1, 0.15) is 212 Å². The lowest BCUT2D eigenvalue weighted by Crippen LogP contribution is -2.35. The van der Waals surface area contributed by atoms with Gasteiger partial charge in [0.15, 0.2) is 6.10 Å². The summed E-state index contributed by atoms with van der Waals surface area (Å²) in [5, 5.41) is 130. The monoisotopic (exact) mass is 1150 g/mol. The summed E-state index contributed by atoms with van der Waals surface area (Å²) in [6, 6.07) is 1.24. The number of hydrogen-bond acceptors (Lipinski definition) is 24. The molecule has 12 N–H and O–H groups in total. The summed E-state index contributed by atoms with van der Waals surface area (Å²) in [5.74, 6) is -52.0. The van der Waals surface area contributed by atoms with Crippen LogP contribution in [0, 0.1) is 18.3 Å². The Morgan fingerprint density at radius 2 is 0.610 bits per heavy atom. The first kappa shape index (κ1) is 61.8. The summed E-state index contributed by atoms with van der Waals surface area (Å²) in [6.07, 6.45) is -1.67. The second kappa shape index (κ2) is 23.2. The second-order valence-electron chi connectivity index (χ2n) is 15.3. The molecule has 4 aromatic rings. The number of esters is 5. The van der Waals surface area contributed by atoms with Crippen LogP contribution in [0.3, 0.4) is 0 Å². The molecule has 37 heteroatoms. The molecule has 4 rings (SSSR count). The van der Waals surface area contributed by atoms with Crippen LogP contribution in [0.5, 0.6) is 0 Å². The van der Waals surface area contributed by atoms with Crippen LogP contribution >= 0.6 is 0 Å². The Labute approximate surface area is 445 Å². The topological polar surface area (TPSA) is 629 Å². The summed E-state index contributed by atoms with van der Waals surface area (Å²) in [6.45, 7) is 3.18. The highest BCUT2D eigenvalue weighted by Gasteiger charge is 2.48. The summed E-state index contributed by atoms with van der Waals surface area (Å²) in [4.78, 5) is 247. The molecule has 0 fully saturated rings. The molecule has 82 heavy (non-hydrogen) atoms. The number of aryl methyl sites for hydroxylation is 2. The van der Waals surface area contributed by atoms with Gasteiger partial charge in [0.05, 0.1) is 112 Å². The summed E-state index contributed by atoms with van der Waals surface area (Å²) < 4.78 is 14.0. The van der Waals surface area contributed by atoms with E-state index in [0.29, 0.717) is 11.7 Å². The van der Waals surface area contributed by atoms with Gasteiger partial charge < -0.3 is 80.3 Å². The van der Waals surface area contributed by atoms with Crippen LogP contribution in [0.2, 0.25) is 0 Å². The summed E-state index contributed by atoms with van der Waals surface area (Å²) >= 11 is 0. The van der Waals surface area contributed by atoms with Gasteiger partial charge in [0.2, 0.25) is 0 Å². The molecular formula is C45H25N3O34. The zero-order chi connectivity index (χ0) is 62.8. The fraction of sp³-hybridized carbons (Fsp3) is 0.111. The summed E-state index contributed by atoms with van der Waals surface area (Å²) in [7, 11) is 0. The molecule has 0 saturated carbocycles. The Morgan fingerprint density at radius 3 is 0.841 bits per heavy atom. The molecule has 0 radical (unpaired) electrons. The number of nitrogens with zero attached hydrogens (tertiary/aromatic N) is 3. The van der Waals surface area contributed by atoms with Crippen LogP contribution in [0.4, 0.5) is 0 Å². The van der Waals surface area contributed by atoms with Crippen molar-refractivity contribution in [2.24, 2.45) is 0 Å². The van der Waals surface area contributed by atoms with E-state index in [1.165, 1.54) is 19.9 Å². The molecule has 0 saturated heterocycles. The molecule has 3 aromatic carbocycles. The molecular weight excluding hydrogens is 1130 g/mol. The van der Waals surface area contributed by atoms with Crippen LogP contribution in [0.25, 0.3) is 0 Å². The fourth-order valence-electron chi connectivity index (χ4n) is 7.63. The van der Waals surface area contributed by atoms with E-state index < -0.39 is 214 Å². The molecule has 1 atom stereocenters. The number of carboxylic acids is 12. The van der Waals surface area contributed by atoms with Gasteiger partial charge in [0, 0.05) is 6.42 Å². The van der Waals surface area contributed by atoms with Gasteiger partial charge in [-0.3, -0.25) is 0 Å². The number of hydrogen-bond donors (Lipinski definition) is 12. The Bertz CT molecular complexity index is 3720. The van der Waals surface area contributed by atoms with Crippen molar-refractivity contribution in [3.05, 3.63) is 118 Å². The number of carbonyl (C=O) groups excluding carboxylic acids is 6. The van der Waals surface area contributed by atoms with Crippen LogP contribution in [-0.4, -0.2) is 185 Å². The minimum Gasteiger partial charge on any atom is -0.478 e. The normalized spacial score (nSPS) is 10.9. The number of aromatic carboxylic acids is 12. The molecule has 1 unspecified atom stereocenters. The smallest absolute Gasteiger partial charge is 0.365 e. The zero-order valence-corrected chi connectivity index (χ0v) is 40.1. The van der Waals surface area contributed by atoms with Gasteiger partial charge in [-0.05, 0) is 13.8 Å². The number of benzene rings is 3. The van der Waals surface area contributed by atoms with Crippen molar-refractivity contribution in [3.8, 4) is 6.07 Å². The van der Waals surface area contributed by atoms with Crippen LogP contribution in [-0.2, 0) is 20.6 Å². The van der Waals surface area contributed by atoms with Gasteiger partial charge in [-0.2, -0.15) is 9.99 Å². The van der Waals surface area contributed by atoms with Crippen molar-refractivity contribution in [3.63, 3.8) is 0 Å². The van der Waals surface area contributed by atoms with E-state index >= 15 is 0 Å². The Morgan fingerprint density at radius 1 is 0.402 bits per heavy atom. The van der Waals surface area contributed by atoms with Gasteiger partial charge in [-0.15, -0.1) is 0 Å². The first-order valence-electron chi connectivity index (χ1n) is 20.9. The molecule has 0 aliphatic heterocycles. The highest BCUT2D eigenvalue weighted by molar-refractivity contribution is 6.29. The van der Waals surface area contributed by atoms with E-state index in [0.717, 1.165) is 6.20 Å². The highest BCUT2D eigenvalue weighted by atomic mass is 16.7. The van der Waals surface area contributed by atoms with Crippen molar-refractivity contribution in [1.29, 1.82) is 5.26 Å². The molecule has 37 nitrogen and oxygen atoms in total. The predicted molar refractivity (Wildman–Crippen MR) is 240 cm³/mol. The zero-order valence-electron chi connectivity index (χ0n) is 40.1.